The molecule has 1 saturated heterocycles. The summed E-state index contributed by atoms with van der Waals surface area (Å²) < 4.78 is 10.0. The average molecular weight is 261 g/mol. The third-order valence-electron chi connectivity index (χ3n) is 2.79. The van der Waals surface area contributed by atoms with Crippen LogP contribution in [0.2, 0.25) is 0 Å². The SMILES string of the molecule is CCOC(=O)C(C)(N)CCCCSC1COC1. The van der Waals surface area contributed by atoms with Crippen LogP contribution in [-0.2, 0) is 14.3 Å². The van der Waals surface area contributed by atoms with Crippen LogP contribution in [0.15, 0.2) is 0 Å². The Balaban J connectivity index is 2.05. The van der Waals surface area contributed by atoms with Crippen molar-refractivity contribution < 1.29 is 14.3 Å². The molecule has 0 aliphatic carbocycles. The normalized spacial score (nSPS) is 19.5. The molecule has 1 aliphatic heterocycles. The number of ether oxygens (including phenoxy) is 2. The highest BCUT2D eigenvalue weighted by Gasteiger charge is 2.29. The molecule has 1 atom stereocenters. The van der Waals surface area contributed by atoms with Crippen molar-refractivity contribution in [1.29, 1.82) is 0 Å². The summed E-state index contributed by atoms with van der Waals surface area (Å²) in [5, 5.41) is 0.685. The lowest BCUT2D eigenvalue weighted by Gasteiger charge is -2.25. The molecule has 0 radical (unpaired) electrons. The van der Waals surface area contributed by atoms with E-state index in [2.05, 4.69) is 0 Å². The van der Waals surface area contributed by atoms with E-state index >= 15 is 0 Å². The van der Waals surface area contributed by atoms with E-state index < -0.39 is 5.54 Å². The maximum Gasteiger partial charge on any atom is 0.325 e. The molecule has 17 heavy (non-hydrogen) atoms. The molecule has 4 nitrogen and oxygen atoms in total. The number of nitrogens with two attached hydrogens (primary N) is 1. The fourth-order valence-electron chi connectivity index (χ4n) is 1.55. The number of rotatable bonds is 8. The van der Waals surface area contributed by atoms with E-state index in [0.29, 0.717) is 18.3 Å². The van der Waals surface area contributed by atoms with E-state index in [-0.39, 0.29) is 5.97 Å². The summed E-state index contributed by atoms with van der Waals surface area (Å²) in [6.07, 6.45) is 2.74. The third-order valence-corrected chi connectivity index (χ3v) is 4.06. The summed E-state index contributed by atoms with van der Waals surface area (Å²) in [7, 11) is 0. The molecule has 0 amide bonds. The summed E-state index contributed by atoms with van der Waals surface area (Å²) >= 11 is 1.95. The van der Waals surface area contributed by atoms with Crippen molar-refractivity contribution in [3.63, 3.8) is 0 Å². The first-order chi connectivity index (χ1) is 8.06. The van der Waals surface area contributed by atoms with Gasteiger partial charge in [0.1, 0.15) is 5.54 Å². The molecule has 1 heterocycles. The Morgan fingerprint density at radius 1 is 1.53 bits per heavy atom. The predicted octanol–water partition coefficient (Wildman–Crippen LogP) is 1.57. The van der Waals surface area contributed by atoms with Gasteiger partial charge in [-0.05, 0) is 32.4 Å². The zero-order valence-electron chi connectivity index (χ0n) is 10.7. The van der Waals surface area contributed by atoms with E-state index in [1.807, 2.05) is 11.8 Å². The minimum absolute atomic E-state index is 0.292. The van der Waals surface area contributed by atoms with Gasteiger partial charge in [-0.3, -0.25) is 4.79 Å². The molecule has 100 valence electrons. The molecule has 0 spiro atoms. The number of carbonyl (C=O) groups excluding carboxylic acids is 1. The van der Waals surface area contributed by atoms with Crippen LogP contribution >= 0.6 is 11.8 Å². The zero-order chi connectivity index (χ0) is 12.7. The summed E-state index contributed by atoms with van der Waals surface area (Å²) in [5.74, 6) is 0.826. The van der Waals surface area contributed by atoms with E-state index in [1.54, 1.807) is 13.8 Å². The lowest BCUT2D eigenvalue weighted by molar-refractivity contribution is -0.149. The molecular weight excluding hydrogens is 238 g/mol. The first kappa shape index (κ1) is 14.8. The summed E-state index contributed by atoms with van der Waals surface area (Å²) in [6.45, 7) is 5.72. The van der Waals surface area contributed by atoms with E-state index in [4.69, 9.17) is 15.2 Å². The van der Waals surface area contributed by atoms with Gasteiger partial charge < -0.3 is 15.2 Å². The largest absolute Gasteiger partial charge is 0.465 e. The second-order valence-electron chi connectivity index (χ2n) is 4.63. The molecule has 0 aromatic heterocycles. The molecular formula is C12H23NO3S. The van der Waals surface area contributed by atoms with Crippen LogP contribution in [0.4, 0.5) is 0 Å². The second kappa shape index (κ2) is 7.24. The Labute approximate surface area is 108 Å². The molecule has 0 saturated carbocycles. The number of esters is 1. The maximum absolute atomic E-state index is 11.5. The van der Waals surface area contributed by atoms with Crippen LogP contribution < -0.4 is 5.73 Å². The van der Waals surface area contributed by atoms with Gasteiger partial charge in [-0.1, -0.05) is 6.42 Å². The number of carbonyl (C=O) groups is 1. The third kappa shape index (κ3) is 5.27. The van der Waals surface area contributed by atoms with Gasteiger partial charge in [0.05, 0.1) is 25.1 Å². The summed E-state index contributed by atoms with van der Waals surface area (Å²) in [4.78, 5) is 11.5. The molecule has 1 fully saturated rings. The Bertz CT molecular complexity index is 242. The predicted molar refractivity (Wildman–Crippen MR) is 70.1 cm³/mol. The average Bonchev–Trinajstić information content (AvgIpc) is 2.20. The number of hydrogen-bond acceptors (Lipinski definition) is 5. The fourth-order valence-corrected chi connectivity index (χ4v) is 2.64. The van der Waals surface area contributed by atoms with Gasteiger partial charge >= 0.3 is 5.97 Å². The topological polar surface area (TPSA) is 61.5 Å². The van der Waals surface area contributed by atoms with Gasteiger partial charge in [0, 0.05) is 0 Å². The Hall–Kier alpha value is -0.260. The van der Waals surface area contributed by atoms with Crippen LogP contribution in [0, 0.1) is 0 Å². The monoisotopic (exact) mass is 261 g/mol. The Morgan fingerprint density at radius 3 is 2.76 bits per heavy atom. The Morgan fingerprint density at radius 2 is 2.24 bits per heavy atom. The van der Waals surface area contributed by atoms with E-state index in [0.717, 1.165) is 31.8 Å². The van der Waals surface area contributed by atoms with Crippen molar-refractivity contribution in [2.24, 2.45) is 5.73 Å². The van der Waals surface area contributed by atoms with Crippen molar-refractivity contribution >= 4 is 17.7 Å². The number of unbranched alkanes of at least 4 members (excludes halogenated alkanes) is 1. The van der Waals surface area contributed by atoms with Crippen LogP contribution in [0.3, 0.4) is 0 Å². The Kier molecular flexibility index (Phi) is 6.30. The van der Waals surface area contributed by atoms with Gasteiger partial charge in [0.25, 0.3) is 0 Å². The molecule has 1 unspecified atom stereocenters. The molecule has 5 heteroatoms. The highest BCUT2D eigenvalue weighted by Crippen LogP contribution is 2.21. The molecule has 2 N–H and O–H groups in total. The highest BCUT2D eigenvalue weighted by atomic mass is 32.2. The minimum atomic E-state index is -0.833. The summed E-state index contributed by atoms with van der Waals surface area (Å²) in [6, 6.07) is 0. The minimum Gasteiger partial charge on any atom is -0.465 e. The van der Waals surface area contributed by atoms with Crippen molar-refractivity contribution in [2.45, 2.75) is 43.9 Å². The lowest BCUT2D eigenvalue weighted by Crippen LogP contribution is -2.46. The van der Waals surface area contributed by atoms with Gasteiger partial charge in [-0.15, -0.1) is 0 Å². The quantitative estimate of drug-likeness (QED) is 0.531. The smallest absolute Gasteiger partial charge is 0.325 e. The number of thioether (sulfide) groups is 1. The molecule has 1 rings (SSSR count). The summed E-state index contributed by atoms with van der Waals surface area (Å²) in [5.41, 5.74) is 5.09. The fraction of sp³-hybridized carbons (Fsp3) is 0.917. The maximum atomic E-state index is 11.5. The van der Waals surface area contributed by atoms with Crippen molar-refractivity contribution in [1.82, 2.24) is 0 Å². The first-order valence-electron chi connectivity index (χ1n) is 6.21. The van der Waals surface area contributed by atoms with E-state index in [1.165, 1.54) is 0 Å². The zero-order valence-corrected chi connectivity index (χ0v) is 11.6. The molecule has 0 bridgehead atoms. The van der Waals surface area contributed by atoms with E-state index in [9.17, 15) is 4.79 Å². The van der Waals surface area contributed by atoms with Gasteiger partial charge in [0.2, 0.25) is 0 Å². The van der Waals surface area contributed by atoms with Crippen LogP contribution in [0.1, 0.15) is 33.1 Å². The van der Waals surface area contributed by atoms with Crippen LogP contribution in [-0.4, -0.2) is 42.3 Å². The lowest BCUT2D eigenvalue weighted by atomic mass is 9.96. The first-order valence-corrected chi connectivity index (χ1v) is 7.26. The van der Waals surface area contributed by atoms with Crippen molar-refractivity contribution in [3.05, 3.63) is 0 Å². The second-order valence-corrected chi connectivity index (χ2v) is 6.03. The standard InChI is InChI=1S/C12H23NO3S/c1-3-16-11(14)12(2,13)6-4-5-7-17-10-8-15-9-10/h10H,3-9,13H2,1-2H3. The van der Waals surface area contributed by atoms with Crippen molar-refractivity contribution in [3.8, 4) is 0 Å². The molecule has 0 aromatic rings. The molecule has 1 aliphatic rings. The van der Waals surface area contributed by atoms with Gasteiger partial charge in [0.15, 0.2) is 0 Å². The van der Waals surface area contributed by atoms with Crippen LogP contribution in [0.25, 0.3) is 0 Å². The number of hydrogen-bond donors (Lipinski definition) is 1. The van der Waals surface area contributed by atoms with Crippen LogP contribution in [0.5, 0.6) is 0 Å². The van der Waals surface area contributed by atoms with Gasteiger partial charge in [-0.25, -0.2) is 0 Å². The van der Waals surface area contributed by atoms with Crippen molar-refractivity contribution in [2.75, 3.05) is 25.6 Å². The molecule has 0 aromatic carbocycles. The highest BCUT2D eigenvalue weighted by molar-refractivity contribution is 8.00. The van der Waals surface area contributed by atoms with Gasteiger partial charge in [-0.2, -0.15) is 11.8 Å².